The van der Waals surface area contributed by atoms with Crippen LogP contribution in [0.5, 0.6) is 0 Å². The lowest BCUT2D eigenvalue weighted by atomic mass is 9.65. The summed E-state index contributed by atoms with van der Waals surface area (Å²) < 4.78 is 3.66. The zero-order chi connectivity index (χ0) is 29.4. The van der Waals surface area contributed by atoms with Crippen molar-refractivity contribution in [3.63, 3.8) is 0 Å². The molecule has 0 saturated heterocycles. The van der Waals surface area contributed by atoms with Gasteiger partial charge in [0.25, 0.3) is 0 Å². The van der Waals surface area contributed by atoms with Crippen molar-refractivity contribution in [1.29, 1.82) is 0 Å². The van der Waals surface area contributed by atoms with Crippen molar-refractivity contribution in [2.24, 2.45) is 0 Å². The van der Waals surface area contributed by atoms with Gasteiger partial charge in [0, 0.05) is 15.2 Å². The van der Waals surface area contributed by atoms with E-state index < -0.39 is 5.41 Å². The lowest BCUT2D eigenvalue weighted by Gasteiger charge is -2.39. The van der Waals surface area contributed by atoms with Gasteiger partial charge in [0.15, 0.2) is 0 Å². The molecule has 8 aromatic carbocycles. The molecule has 0 fully saturated rings. The molecule has 2 aliphatic rings. The van der Waals surface area contributed by atoms with E-state index in [0.717, 1.165) is 4.47 Å². The van der Waals surface area contributed by atoms with E-state index in [9.17, 15) is 0 Å². The molecule has 208 valence electrons. The molecule has 0 bridgehead atoms. The van der Waals surface area contributed by atoms with Crippen molar-refractivity contribution < 1.29 is 0 Å². The fraction of sp³-hybridized carbons (Fsp3) is 0.0233. The molecule has 0 amide bonds. The maximum Gasteiger partial charge on any atom is 0.0754 e. The van der Waals surface area contributed by atoms with Crippen LogP contribution in [0.25, 0.3) is 70.9 Å². The molecule has 1 aliphatic carbocycles. The largest absolute Gasteiger partial charge is 0.309 e. The Balaban J connectivity index is 1.39. The molecule has 1 aliphatic heterocycles. The summed E-state index contributed by atoms with van der Waals surface area (Å²) in [4.78, 5) is 0. The van der Waals surface area contributed by atoms with Gasteiger partial charge in [-0.3, -0.25) is 0 Å². The molecular weight excluding hydrogens is 610 g/mol. The third kappa shape index (κ3) is 2.77. The molecule has 1 atom stereocenters. The van der Waals surface area contributed by atoms with Crippen molar-refractivity contribution in [2.75, 3.05) is 0 Å². The highest BCUT2D eigenvalue weighted by molar-refractivity contribution is 9.10. The number of para-hydroxylation sites is 2. The second-order valence-electron chi connectivity index (χ2n) is 12.5. The Hall–Kier alpha value is -5.18. The number of aromatic nitrogens is 1. The third-order valence-electron chi connectivity index (χ3n) is 10.6. The van der Waals surface area contributed by atoms with Crippen LogP contribution in [0.1, 0.15) is 22.3 Å². The van der Waals surface area contributed by atoms with Crippen LogP contribution < -0.4 is 0 Å². The molecule has 1 unspecified atom stereocenters. The first kappa shape index (κ1) is 24.2. The molecule has 2 heteroatoms. The molecule has 0 radical (unpaired) electrons. The van der Waals surface area contributed by atoms with Gasteiger partial charge in [0.05, 0.1) is 22.1 Å². The molecule has 9 aromatic rings. The molecule has 11 rings (SSSR count). The summed E-state index contributed by atoms with van der Waals surface area (Å²) in [5, 5.41) is 10.4. The number of fused-ring (bicyclic) bond motifs is 18. The van der Waals surface area contributed by atoms with Crippen LogP contribution in [0.3, 0.4) is 0 Å². The molecule has 1 aromatic heterocycles. The van der Waals surface area contributed by atoms with Crippen LogP contribution in [0.15, 0.2) is 150 Å². The second kappa shape index (κ2) is 8.29. The predicted molar refractivity (Wildman–Crippen MR) is 192 cm³/mol. The number of hydrogen-bond donors (Lipinski definition) is 0. The Kier molecular flexibility index (Phi) is 4.46. The summed E-state index contributed by atoms with van der Waals surface area (Å²) in [5.74, 6) is 0. The van der Waals surface area contributed by atoms with E-state index in [-0.39, 0.29) is 0 Å². The molecule has 1 nitrogen and oxygen atoms in total. The number of halogens is 1. The molecular formula is C43H24BrN. The fourth-order valence-electron chi connectivity index (χ4n) is 8.98. The standard InChI is InChI=1S/C43H24BrN/c44-25-20-21-31-30-14-5-6-16-36(30)43(39(31)22-25)37-17-7-8-19-40(37)45-41-24-34-29-13-4-2-11-27(29)26-10-1-3-12-28(26)33(34)23-35(41)32-15-9-18-38(43)42(32)45/h1-24H. The summed E-state index contributed by atoms with van der Waals surface area (Å²) in [6.07, 6.45) is 0. The highest BCUT2D eigenvalue weighted by Gasteiger charge is 2.50. The van der Waals surface area contributed by atoms with Gasteiger partial charge < -0.3 is 4.57 Å². The van der Waals surface area contributed by atoms with Gasteiger partial charge in [-0.05, 0) is 96.0 Å². The summed E-state index contributed by atoms with van der Waals surface area (Å²) in [5.41, 5.74) is 11.4. The second-order valence-corrected chi connectivity index (χ2v) is 13.5. The van der Waals surface area contributed by atoms with Gasteiger partial charge >= 0.3 is 0 Å². The Bertz CT molecular complexity index is 2780. The van der Waals surface area contributed by atoms with Crippen molar-refractivity contribution >= 4 is 70.1 Å². The van der Waals surface area contributed by atoms with Gasteiger partial charge in [0.1, 0.15) is 0 Å². The lowest BCUT2D eigenvalue weighted by Crippen LogP contribution is -2.33. The van der Waals surface area contributed by atoms with E-state index in [0.29, 0.717) is 0 Å². The van der Waals surface area contributed by atoms with Gasteiger partial charge in [-0.25, -0.2) is 0 Å². The van der Waals surface area contributed by atoms with Crippen LogP contribution in [-0.2, 0) is 5.41 Å². The Morgan fingerprint density at radius 3 is 1.76 bits per heavy atom. The van der Waals surface area contributed by atoms with E-state index in [4.69, 9.17) is 0 Å². The van der Waals surface area contributed by atoms with Crippen LogP contribution >= 0.6 is 15.9 Å². The first-order valence-corrected chi connectivity index (χ1v) is 16.3. The minimum Gasteiger partial charge on any atom is -0.309 e. The fourth-order valence-corrected chi connectivity index (χ4v) is 9.34. The Morgan fingerprint density at radius 1 is 0.400 bits per heavy atom. The number of hydrogen-bond acceptors (Lipinski definition) is 0. The Labute approximate surface area is 268 Å². The zero-order valence-corrected chi connectivity index (χ0v) is 25.8. The molecule has 0 N–H and O–H groups in total. The van der Waals surface area contributed by atoms with Crippen LogP contribution in [-0.4, -0.2) is 4.57 Å². The van der Waals surface area contributed by atoms with Crippen LogP contribution in [0, 0.1) is 0 Å². The van der Waals surface area contributed by atoms with E-state index in [1.807, 2.05) is 0 Å². The smallest absolute Gasteiger partial charge is 0.0754 e. The van der Waals surface area contributed by atoms with Gasteiger partial charge in [-0.1, -0.05) is 131 Å². The molecule has 1 spiro atoms. The highest BCUT2D eigenvalue weighted by Crippen LogP contribution is 2.61. The Morgan fingerprint density at radius 2 is 0.978 bits per heavy atom. The number of benzene rings is 8. The highest BCUT2D eigenvalue weighted by atomic mass is 79.9. The summed E-state index contributed by atoms with van der Waals surface area (Å²) in [6, 6.07) is 54.6. The minimum atomic E-state index is -0.422. The van der Waals surface area contributed by atoms with Crippen molar-refractivity contribution in [3.8, 4) is 16.8 Å². The van der Waals surface area contributed by atoms with Gasteiger partial charge in [-0.15, -0.1) is 0 Å². The number of nitrogens with zero attached hydrogens (tertiary/aromatic N) is 1. The molecule has 0 saturated carbocycles. The van der Waals surface area contributed by atoms with Gasteiger partial charge in [0.2, 0.25) is 0 Å². The summed E-state index contributed by atoms with van der Waals surface area (Å²) in [6.45, 7) is 0. The van der Waals surface area contributed by atoms with E-state index in [2.05, 4.69) is 166 Å². The quantitative estimate of drug-likeness (QED) is 0.146. The normalized spacial score (nSPS) is 16.2. The first-order chi connectivity index (χ1) is 22.2. The van der Waals surface area contributed by atoms with Crippen molar-refractivity contribution in [2.45, 2.75) is 5.41 Å². The molecule has 45 heavy (non-hydrogen) atoms. The van der Waals surface area contributed by atoms with Crippen molar-refractivity contribution in [3.05, 3.63) is 172 Å². The SMILES string of the molecule is Brc1ccc2c(c1)C1(c3ccccc3-2)c2ccccc2-n2c3cc4c5ccccc5c5ccccc5c4cc3c3cccc1c32. The van der Waals surface area contributed by atoms with Crippen LogP contribution in [0.4, 0.5) is 0 Å². The van der Waals surface area contributed by atoms with E-state index >= 15 is 0 Å². The maximum atomic E-state index is 3.86. The zero-order valence-electron chi connectivity index (χ0n) is 24.2. The van der Waals surface area contributed by atoms with E-state index in [1.165, 1.54) is 93.2 Å². The topological polar surface area (TPSA) is 4.93 Å². The van der Waals surface area contributed by atoms with Gasteiger partial charge in [-0.2, -0.15) is 0 Å². The van der Waals surface area contributed by atoms with E-state index in [1.54, 1.807) is 0 Å². The minimum absolute atomic E-state index is 0.422. The monoisotopic (exact) mass is 633 g/mol. The average molecular weight is 635 g/mol. The van der Waals surface area contributed by atoms with Crippen LogP contribution in [0.2, 0.25) is 0 Å². The van der Waals surface area contributed by atoms with Crippen molar-refractivity contribution in [1.82, 2.24) is 4.57 Å². The number of rotatable bonds is 0. The third-order valence-corrected chi connectivity index (χ3v) is 11.1. The first-order valence-electron chi connectivity index (χ1n) is 15.6. The lowest BCUT2D eigenvalue weighted by molar-refractivity contribution is 0.748. The average Bonchev–Trinajstić information content (AvgIpc) is 3.57. The predicted octanol–water partition coefficient (Wildman–Crippen LogP) is 11.7. The summed E-state index contributed by atoms with van der Waals surface area (Å²) in [7, 11) is 0. The molecule has 2 heterocycles. The maximum absolute atomic E-state index is 3.86. The summed E-state index contributed by atoms with van der Waals surface area (Å²) >= 11 is 3.86.